The van der Waals surface area contributed by atoms with Gasteiger partial charge in [-0.2, -0.15) is 0 Å². The summed E-state index contributed by atoms with van der Waals surface area (Å²) in [5.74, 6) is 0.366. The van der Waals surface area contributed by atoms with E-state index in [1.165, 1.54) is 22.3 Å². The summed E-state index contributed by atoms with van der Waals surface area (Å²) in [6.45, 7) is 18.3. The van der Waals surface area contributed by atoms with Gasteiger partial charge in [0.2, 0.25) is 0 Å². The van der Waals surface area contributed by atoms with E-state index in [0.717, 1.165) is 0 Å². The summed E-state index contributed by atoms with van der Waals surface area (Å²) in [6.07, 6.45) is 2.49. The number of nitrogens with zero attached hydrogens (tertiary/aromatic N) is 3. The molecule has 0 saturated heterocycles. The van der Waals surface area contributed by atoms with E-state index in [-0.39, 0.29) is 13.2 Å². The zero-order valence-corrected chi connectivity index (χ0v) is 22.3. The zero-order valence-electron chi connectivity index (χ0n) is 22.3. The molecule has 1 aliphatic rings. The fourth-order valence-electron chi connectivity index (χ4n) is 3.73. The van der Waals surface area contributed by atoms with E-state index in [9.17, 15) is 9.59 Å². The molecule has 198 valence electrons. The van der Waals surface area contributed by atoms with Crippen LogP contribution in [0.1, 0.15) is 58.8 Å². The SMILES string of the molecule is C=COCC(OC=C)c1ccc2c(c1)N(C(=O)OC(C)(C)C)Cc1cccnc1N2C(=O)OC(C)(C)C. The molecule has 1 aliphatic heterocycles. The predicted molar refractivity (Wildman–Crippen MR) is 142 cm³/mol. The third-order valence-corrected chi connectivity index (χ3v) is 5.13. The molecule has 0 radical (unpaired) electrons. The van der Waals surface area contributed by atoms with Crippen LogP contribution in [0.3, 0.4) is 0 Å². The van der Waals surface area contributed by atoms with Gasteiger partial charge in [-0.25, -0.2) is 19.5 Å². The van der Waals surface area contributed by atoms with Crippen molar-refractivity contribution in [2.45, 2.75) is 65.4 Å². The number of hydrogen-bond donors (Lipinski definition) is 0. The molecule has 2 heterocycles. The fraction of sp³-hybridized carbons (Fsp3) is 0.393. The maximum Gasteiger partial charge on any atom is 0.420 e. The third-order valence-electron chi connectivity index (χ3n) is 5.13. The molecule has 37 heavy (non-hydrogen) atoms. The lowest BCUT2D eigenvalue weighted by Crippen LogP contribution is -2.37. The van der Waals surface area contributed by atoms with Crippen molar-refractivity contribution in [3.63, 3.8) is 0 Å². The standard InChI is InChI=1S/C28H35N3O6/c1-9-34-18-23(35-10-2)19-13-14-21-22(16-19)30(25(32)36-27(3,4)5)17-20-12-11-15-29-24(20)31(21)26(33)37-28(6,7)8/h9-16,23H,1-2,17-18H2,3-8H3. The Balaban J connectivity index is 2.24. The van der Waals surface area contributed by atoms with Gasteiger partial charge in [0.15, 0.2) is 6.10 Å². The molecule has 0 saturated carbocycles. The summed E-state index contributed by atoms with van der Waals surface area (Å²) in [5.41, 5.74) is 0.669. The highest BCUT2D eigenvalue weighted by molar-refractivity contribution is 6.04. The molecule has 1 aromatic heterocycles. The number of rotatable bonds is 6. The van der Waals surface area contributed by atoms with Gasteiger partial charge in [-0.1, -0.05) is 25.3 Å². The van der Waals surface area contributed by atoms with Crippen molar-refractivity contribution in [3.05, 3.63) is 73.3 Å². The van der Waals surface area contributed by atoms with Gasteiger partial charge in [-0.05, 0) is 65.3 Å². The van der Waals surface area contributed by atoms with E-state index in [4.69, 9.17) is 18.9 Å². The number of aromatic nitrogens is 1. The van der Waals surface area contributed by atoms with Crippen LogP contribution in [0.5, 0.6) is 0 Å². The zero-order chi connectivity index (χ0) is 27.4. The second-order valence-corrected chi connectivity index (χ2v) is 10.4. The smallest absolute Gasteiger partial charge is 0.420 e. The van der Waals surface area contributed by atoms with Crippen LogP contribution >= 0.6 is 0 Å². The summed E-state index contributed by atoms with van der Waals surface area (Å²) in [4.78, 5) is 34.4. The van der Waals surface area contributed by atoms with Crippen LogP contribution in [0.15, 0.2) is 62.2 Å². The van der Waals surface area contributed by atoms with Gasteiger partial charge >= 0.3 is 12.2 Å². The maximum absolute atomic E-state index is 13.5. The number of benzene rings is 1. The summed E-state index contributed by atoms with van der Waals surface area (Å²) < 4.78 is 22.5. The highest BCUT2D eigenvalue weighted by Crippen LogP contribution is 2.42. The molecule has 0 spiro atoms. The minimum atomic E-state index is -0.756. The van der Waals surface area contributed by atoms with Crippen LogP contribution in [0, 0.1) is 0 Å². The van der Waals surface area contributed by atoms with Crippen LogP contribution < -0.4 is 9.80 Å². The normalized spacial score (nSPS) is 13.9. The molecule has 2 amide bonds. The molecular weight excluding hydrogens is 474 g/mol. The van der Waals surface area contributed by atoms with E-state index in [1.54, 1.807) is 72.0 Å². The molecule has 0 fully saturated rings. The largest absolute Gasteiger partial charge is 0.498 e. The van der Waals surface area contributed by atoms with Crippen molar-refractivity contribution in [2.24, 2.45) is 0 Å². The van der Waals surface area contributed by atoms with Gasteiger partial charge < -0.3 is 18.9 Å². The van der Waals surface area contributed by atoms with Crippen LogP contribution in [-0.2, 0) is 25.5 Å². The lowest BCUT2D eigenvalue weighted by Gasteiger charge is -2.30. The first kappa shape index (κ1) is 27.6. The van der Waals surface area contributed by atoms with E-state index in [1.807, 2.05) is 6.07 Å². The Morgan fingerprint density at radius 2 is 1.68 bits per heavy atom. The van der Waals surface area contributed by atoms with E-state index >= 15 is 0 Å². The van der Waals surface area contributed by atoms with Crippen molar-refractivity contribution in [3.8, 4) is 0 Å². The summed E-state index contributed by atoms with van der Waals surface area (Å²) in [5, 5.41) is 0. The first-order valence-electron chi connectivity index (χ1n) is 11.9. The van der Waals surface area contributed by atoms with Crippen molar-refractivity contribution < 1.29 is 28.5 Å². The van der Waals surface area contributed by atoms with E-state index in [2.05, 4.69) is 18.1 Å². The first-order valence-corrected chi connectivity index (χ1v) is 11.9. The number of amides is 2. The molecular formula is C28H35N3O6. The second kappa shape index (κ2) is 10.9. The molecule has 1 aromatic carbocycles. The van der Waals surface area contributed by atoms with Crippen LogP contribution in [0.25, 0.3) is 0 Å². The quantitative estimate of drug-likeness (QED) is 0.397. The van der Waals surface area contributed by atoms with Crippen molar-refractivity contribution in [1.82, 2.24) is 4.98 Å². The number of pyridine rings is 1. The van der Waals surface area contributed by atoms with Crippen LogP contribution in [-0.4, -0.2) is 35.0 Å². The molecule has 1 unspecified atom stereocenters. The molecule has 0 N–H and O–H groups in total. The maximum atomic E-state index is 13.5. The number of hydrogen-bond acceptors (Lipinski definition) is 7. The predicted octanol–water partition coefficient (Wildman–Crippen LogP) is 6.77. The molecule has 1 atom stereocenters. The Morgan fingerprint density at radius 3 is 2.30 bits per heavy atom. The number of anilines is 3. The van der Waals surface area contributed by atoms with Crippen molar-refractivity contribution >= 4 is 29.4 Å². The van der Waals surface area contributed by atoms with Crippen molar-refractivity contribution in [2.75, 3.05) is 16.4 Å². The molecule has 9 heteroatoms. The highest BCUT2D eigenvalue weighted by atomic mass is 16.6. The Hall–Kier alpha value is -4.01. The highest BCUT2D eigenvalue weighted by Gasteiger charge is 2.37. The molecule has 9 nitrogen and oxygen atoms in total. The number of fused-ring (bicyclic) bond motifs is 2. The van der Waals surface area contributed by atoms with Gasteiger partial charge in [-0.15, -0.1) is 0 Å². The van der Waals surface area contributed by atoms with Crippen LogP contribution in [0.2, 0.25) is 0 Å². The van der Waals surface area contributed by atoms with Gasteiger partial charge in [0.1, 0.15) is 23.6 Å². The van der Waals surface area contributed by atoms with Crippen LogP contribution in [0.4, 0.5) is 26.8 Å². The lowest BCUT2D eigenvalue weighted by atomic mass is 10.1. The topological polar surface area (TPSA) is 90.4 Å². The van der Waals surface area contributed by atoms with Gasteiger partial charge in [-0.3, -0.25) is 4.90 Å². The van der Waals surface area contributed by atoms with Gasteiger partial charge in [0.05, 0.1) is 30.4 Å². The average molecular weight is 510 g/mol. The van der Waals surface area contributed by atoms with Gasteiger partial charge in [0.25, 0.3) is 0 Å². The Bertz CT molecular complexity index is 1170. The van der Waals surface area contributed by atoms with E-state index < -0.39 is 29.5 Å². The Labute approximate surface area is 218 Å². The lowest BCUT2D eigenvalue weighted by molar-refractivity contribution is 0.0570. The Kier molecular flexibility index (Phi) is 8.15. The number of carbonyl (C=O) groups is 2. The number of ether oxygens (including phenoxy) is 4. The minimum Gasteiger partial charge on any atom is -0.498 e. The minimum absolute atomic E-state index is 0.115. The average Bonchev–Trinajstić information content (AvgIpc) is 2.93. The number of carbonyl (C=O) groups excluding carboxylic acids is 2. The summed E-state index contributed by atoms with van der Waals surface area (Å²) in [7, 11) is 0. The summed E-state index contributed by atoms with van der Waals surface area (Å²) in [6, 6.07) is 8.84. The summed E-state index contributed by atoms with van der Waals surface area (Å²) >= 11 is 0. The molecule has 0 aliphatic carbocycles. The first-order chi connectivity index (χ1) is 17.3. The molecule has 2 aromatic rings. The second-order valence-electron chi connectivity index (χ2n) is 10.4. The monoisotopic (exact) mass is 509 g/mol. The fourth-order valence-corrected chi connectivity index (χ4v) is 3.73. The van der Waals surface area contributed by atoms with Gasteiger partial charge in [0, 0.05) is 11.8 Å². The molecule has 3 rings (SSSR count). The Morgan fingerprint density at radius 1 is 1.00 bits per heavy atom. The third kappa shape index (κ3) is 6.81. The van der Waals surface area contributed by atoms with Crippen molar-refractivity contribution in [1.29, 1.82) is 0 Å². The van der Waals surface area contributed by atoms with E-state index in [0.29, 0.717) is 28.3 Å². The molecule has 0 bridgehead atoms.